The molecule has 0 saturated heterocycles. The van der Waals surface area contributed by atoms with E-state index in [1.54, 1.807) is 12.5 Å². The molecule has 1 heterocycles. The molecule has 0 saturated carbocycles. The zero-order chi connectivity index (χ0) is 11.3. The number of aryl methyl sites for hydroxylation is 1. The van der Waals surface area contributed by atoms with Crippen molar-refractivity contribution in [3.63, 3.8) is 0 Å². The Morgan fingerprint density at radius 2 is 2.47 bits per heavy atom. The molecule has 0 aromatic carbocycles. The van der Waals surface area contributed by atoms with Crippen molar-refractivity contribution in [2.75, 3.05) is 0 Å². The van der Waals surface area contributed by atoms with Crippen molar-refractivity contribution in [1.29, 1.82) is 0 Å². The van der Waals surface area contributed by atoms with Gasteiger partial charge >= 0.3 is 5.97 Å². The first-order valence-corrected chi connectivity index (χ1v) is 5.09. The van der Waals surface area contributed by atoms with Crippen LogP contribution in [0.1, 0.15) is 25.5 Å². The third-order valence-corrected chi connectivity index (χ3v) is 2.34. The highest BCUT2D eigenvalue weighted by Crippen LogP contribution is 2.06. The van der Waals surface area contributed by atoms with Gasteiger partial charge in [-0.25, -0.2) is 4.98 Å². The van der Waals surface area contributed by atoms with Crippen molar-refractivity contribution >= 4 is 5.97 Å². The van der Waals surface area contributed by atoms with Crippen molar-refractivity contribution in [1.82, 2.24) is 9.55 Å². The maximum atomic E-state index is 10.4. The van der Waals surface area contributed by atoms with E-state index in [0.717, 1.165) is 12.2 Å². The van der Waals surface area contributed by atoms with Gasteiger partial charge in [-0.05, 0) is 13.3 Å². The standard InChI is InChI=1S/C10H17N3O2/c1-2-13-7-12-6-9(13)5-8(11)3-4-10(14)15/h6-8H,2-5,11H2,1H3,(H,14,15). The van der Waals surface area contributed by atoms with Crippen molar-refractivity contribution in [3.8, 4) is 0 Å². The maximum Gasteiger partial charge on any atom is 0.303 e. The summed E-state index contributed by atoms with van der Waals surface area (Å²) in [5.41, 5.74) is 6.90. The van der Waals surface area contributed by atoms with Gasteiger partial charge in [-0.1, -0.05) is 0 Å². The summed E-state index contributed by atoms with van der Waals surface area (Å²) in [4.78, 5) is 14.4. The van der Waals surface area contributed by atoms with Gasteiger partial charge in [-0.2, -0.15) is 0 Å². The number of nitrogens with zero attached hydrogens (tertiary/aromatic N) is 2. The zero-order valence-corrected chi connectivity index (χ0v) is 8.89. The Balaban J connectivity index is 2.43. The largest absolute Gasteiger partial charge is 0.481 e. The number of aromatic nitrogens is 2. The molecule has 0 aliphatic carbocycles. The normalized spacial score (nSPS) is 12.7. The van der Waals surface area contributed by atoms with E-state index in [1.807, 2.05) is 11.5 Å². The lowest BCUT2D eigenvalue weighted by atomic mass is 10.1. The minimum absolute atomic E-state index is 0.108. The van der Waals surface area contributed by atoms with Crippen LogP contribution in [0.15, 0.2) is 12.5 Å². The van der Waals surface area contributed by atoms with E-state index in [-0.39, 0.29) is 12.5 Å². The monoisotopic (exact) mass is 211 g/mol. The van der Waals surface area contributed by atoms with E-state index >= 15 is 0 Å². The van der Waals surface area contributed by atoms with Gasteiger partial charge in [0, 0.05) is 37.3 Å². The molecule has 0 aliphatic rings. The number of carbonyl (C=O) groups is 1. The van der Waals surface area contributed by atoms with E-state index in [0.29, 0.717) is 12.8 Å². The Kier molecular flexibility index (Phi) is 4.30. The van der Waals surface area contributed by atoms with Crippen LogP contribution in [0.4, 0.5) is 0 Å². The van der Waals surface area contributed by atoms with Crippen LogP contribution in [0.3, 0.4) is 0 Å². The van der Waals surface area contributed by atoms with Gasteiger partial charge in [0.25, 0.3) is 0 Å². The van der Waals surface area contributed by atoms with Crippen LogP contribution in [0.25, 0.3) is 0 Å². The van der Waals surface area contributed by atoms with Gasteiger partial charge in [0.1, 0.15) is 0 Å². The highest BCUT2D eigenvalue weighted by atomic mass is 16.4. The van der Waals surface area contributed by atoms with Crippen LogP contribution in [0.2, 0.25) is 0 Å². The second-order valence-electron chi connectivity index (χ2n) is 3.57. The minimum Gasteiger partial charge on any atom is -0.481 e. The molecule has 1 unspecified atom stereocenters. The highest BCUT2D eigenvalue weighted by molar-refractivity contribution is 5.66. The van der Waals surface area contributed by atoms with Crippen LogP contribution in [-0.4, -0.2) is 26.7 Å². The molecule has 1 atom stereocenters. The summed E-state index contributed by atoms with van der Waals surface area (Å²) >= 11 is 0. The van der Waals surface area contributed by atoms with Gasteiger partial charge in [0.2, 0.25) is 0 Å². The Hall–Kier alpha value is -1.36. The molecule has 0 aliphatic heterocycles. The Morgan fingerprint density at radius 3 is 3.07 bits per heavy atom. The second kappa shape index (κ2) is 5.50. The average molecular weight is 211 g/mol. The Morgan fingerprint density at radius 1 is 1.73 bits per heavy atom. The second-order valence-corrected chi connectivity index (χ2v) is 3.57. The molecule has 0 bridgehead atoms. The first kappa shape index (κ1) is 11.7. The van der Waals surface area contributed by atoms with Crippen molar-refractivity contribution in [2.45, 2.75) is 38.8 Å². The summed E-state index contributed by atoms with van der Waals surface area (Å²) < 4.78 is 2.01. The van der Waals surface area contributed by atoms with E-state index in [2.05, 4.69) is 4.98 Å². The molecule has 84 valence electrons. The molecular weight excluding hydrogens is 194 g/mol. The Bertz CT molecular complexity index is 322. The van der Waals surface area contributed by atoms with Crippen LogP contribution < -0.4 is 5.73 Å². The fourth-order valence-electron chi connectivity index (χ4n) is 1.48. The Labute approximate surface area is 88.9 Å². The quantitative estimate of drug-likeness (QED) is 0.723. The van der Waals surface area contributed by atoms with Crippen LogP contribution in [0.5, 0.6) is 0 Å². The topological polar surface area (TPSA) is 81.1 Å². The summed E-state index contributed by atoms with van der Waals surface area (Å²) in [6, 6.07) is -0.108. The molecule has 1 aromatic rings. The molecule has 0 radical (unpaired) electrons. The van der Waals surface area contributed by atoms with Gasteiger partial charge in [-0.15, -0.1) is 0 Å². The molecule has 15 heavy (non-hydrogen) atoms. The van der Waals surface area contributed by atoms with Crippen LogP contribution in [0, 0.1) is 0 Å². The number of aliphatic carboxylic acids is 1. The predicted octanol–water partition coefficient (Wildman–Crippen LogP) is 0.638. The fourth-order valence-corrected chi connectivity index (χ4v) is 1.48. The third-order valence-electron chi connectivity index (χ3n) is 2.34. The molecule has 1 aromatic heterocycles. The SMILES string of the molecule is CCn1cncc1CC(N)CCC(=O)O. The van der Waals surface area contributed by atoms with Crippen molar-refractivity contribution in [3.05, 3.63) is 18.2 Å². The smallest absolute Gasteiger partial charge is 0.303 e. The average Bonchev–Trinajstić information content (AvgIpc) is 2.62. The molecular formula is C10H17N3O2. The van der Waals surface area contributed by atoms with E-state index in [1.165, 1.54) is 0 Å². The van der Waals surface area contributed by atoms with Gasteiger partial charge in [-0.3, -0.25) is 4.79 Å². The number of carboxylic acids is 1. The van der Waals surface area contributed by atoms with Gasteiger partial charge < -0.3 is 15.4 Å². The number of hydrogen-bond acceptors (Lipinski definition) is 3. The molecule has 5 nitrogen and oxygen atoms in total. The number of hydrogen-bond donors (Lipinski definition) is 2. The third kappa shape index (κ3) is 3.71. The lowest BCUT2D eigenvalue weighted by Gasteiger charge is -2.11. The molecule has 0 spiro atoms. The summed E-state index contributed by atoms with van der Waals surface area (Å²) in [5, 5.41) is 8.52. The summed E-state index contributed by atoms with van der Waals surface area (Å²) in [6.45, 7) is 2.90. The lowest BCUT2D eigenvalue weighted by molar-refractivity contribution is -0.137. The highest BCUT2D eigenvalue weighted by Gasteiger charge is 2.09. The van der Waals surface area contributed by atoms with Gasteiger partial charge in [0.15, 0.2) is 0 Å². The molecule has 0 amide bonds. The summed E-state index contributed by atoms with van der Waals surface area (Å²) in [5.74, 6) is -0.797. The number of rotatable bonds is 6. The van der Waals surface area contributed by atoms with Crippen molar-refractivity contribution in [2.24, 2.45) is 5.73 Å². The first-order valence-electron chi connectivity index (χ1n) is 5.09. The number of carboxylic acid groups (broad SMARTS) is 1. The van der Waals surface area contributed by atoms with Crippen LogP contribution in [-0.2, 0) is 17.8 Å². The molecule has 3 N–H and O–H groups in total. The van der Waals surface area contributed by atoms with E-state index in [4.69, 9.17) is 10.8 Å². The summed E-state index contributed by atoms with van der Waals surface area (Å²) in [6.07, 6.45) is 4.86. The molecule has 5 heteroatoms. The van der Waals surface area contributed by atoms with E-state index in [9.17, 15) is 4.79 Å². The minimum atomic E-state index is -0.797. The van der Waals surface area contributed by atoms with E-state index < -0.39 is 5.97 Å². The number of nitrogens with two attached hydrogens (primary N) is 1. The van der Waals surface area contributed by atoms with Gasteiger partial charge in [0.05, 0.1) is 6.33 Å². The lowest BCUT2D eigenvalue weighted by Crippen LogP contribution is -2.25. The molecule has 0 fully saturated rings. The maximum absolute atomic E-state index is 10.4. The predicted molar refractivity (Wildman–Crippen MR) is 56.5 cm³/mol. The first-order chi connectivity index (χ1) is 7.13. The summed E-state index contributed by atoms with van der Waals surface area (Å²) in [7, 11) is 0. The fraction of sp³-hybridized carbons (Fsp3) is 0.600. The zero-order valence-electron chi connectivity index (χ0n) is 8.89. The number of imidazole rings is 1. The van der Waals surface area contributed by atoms with Crippen molar-refractivity contribution < 1.29 is 9.90 Å². The van der Waals surface area contributed by atoms with Crippen LogP contribution >= 0.6 is 0 Å². The molecule has 1 rings (SSSR count).